The van der Waals surface area contributed by atoms with Gasteiger partial charge in [-0.2, -0.15) is 0 Å². The Morgan fingerprint density at radius 1 is 1.21 bits per heavy atom. The zero-order valence-corrected chi connectivity index (χ0v) is 11.0. The summed E-state index contributed by atoms with van der Waals surface area (Å²) in [7, 11) is 0. The zero-order valence-electron chi connectivity index (χ0n) is 11.0. The molecule has 0 fully saturated rings. The van der Waals surface area contributed by atoms with E-state index in [1.807, 2.05) is 31.2 Å². The molecule has 3 nitrogen and oxygen atoms in total. The van der Waals surface area contributed by atoms with Gasteiger partial charge in [0.2, 0.25) is 0 Å². The van der Waals surface area contributed by atoms with Crippen molar-refractivity contribution in [3.8, 4) is 0 Å². The highest BCUT2D eigenvalue weighted by Gasteiger charge is 2.13. The van der Waals surface area contributed by atoms with Crippen molar-refractivity contribution in [3.63, 3.8) is 0 Å². The van der Waals surface area contributed by atoms with Gasteiger partial charge in [-0.25, -0.2) is 4.39 Å². The van der Waals surface area contributed by atoms with Crippen LogP contribution in [0.15, 0.2) is 42.6 Å². The summed E-state index contributed by atoms with van der Waals surface area (Å²) >= 11 is 0. The lowest BCUT2D eigenvalue weighted by Crippen LogP contribution is -2.24. The van der Waals surface area contributed by atoms with Crippen LogP contribution < -0.4 is 10.6 Å². The van der Waals surface area contributed by atoms with Gasteiger partial charge in [0.05, 0.1) is 12.2 Å². The van der Waals surface area contributed by atoms with Gasteiger partial charge in [0, 0.05) is 30.5 Å². The molecule has 1 heterocycles. The molecule has 100 valence electrons. The highest BCUT2D eigenvalue weighted by atomic mass is 19.1. The molecule has 1 aromatic heterocycles. The van der Waals surface area contributed by atoms with E-state index in [1.54, 1.807) is 12.3 Å². The molecular formula is C15H18FN3. The fourth-order valence-electron chi connectivity index (χ4n) is 2.10. The molecule has 2 N–H and O–H groups in total. The number of nitrogens with two attached hydrogens (primary N) is 1. The standard InChI is InChI=1S/C15H18FN3/c1-2-19(11-12-6-3-4-9-18-12)15-8-5-7-14(16)13(15)10-17/h3-9H,2,10-11,17H2,1H3. The third-order valence-corrected chi connectivity index (χ3v) is 3.10. The minimum Gasteiger partial charge on any atom is -0.366 e. The third-order valence-electron chi connectivity index (χ3n) is 3.10. The second-order valence-corrected chi connectivity index (χ2v) is 4.28. The molecule has 0 aliphatic heterocycles. The largest absolute Gasteiger partial charge is 0.366 e. The number of benzene rings is 1. The van der Waals surface area contributed by atoms with Gasteiger partial charge < -0.3 is 10.6 Å². The van der Waals surface area contributed by atoms with Gasteiger partial charge in [-0.15, -0.1) is 0 Å². The average Bonchev–Trinajstić information content (AvgIpc) is 2.45. The highest BCUT2D eigenvalue weighted by molar-refractivity contribution is 5.54. The maximum atomic E-state index is 13.8. The van der Waals surface area contributed by atoms with Gasteiger partial charge in [-0.1, -0.05) is 12.1 Å². The lowest BCUT2D eigenvalue weighted by molar-refractivity contribution is 0.608. The van der Waals surface area contributed by atoms with Crippen molar-refractivity contribution >= 4 is 5.69 Å². The summed E-state index contributed by atoms with van der Waals surface area (Å²) in [6.07, 6.45) is 1.76. The minimum atomic E-state index is -0.250. The number of hydrogen-bond acceptors (Lipinski definition) is 3. The van der Waals surface area contributed by atoms with E-state index in [4.69, 9.17) is 5.73 Å². The second kappa shape index (κ2) is 6.29. The lowest BCUT2D eigenvalue weighted by Gasteiger charge is -2.25. The van der Waals surface area contributed by atoms with Crippen molar-refractivity contribution in [2.24, 2.45) is 5.73 Å². The molecule has 4 heteroatoms. The van der Waals surface area contributed by atoms with Crippen LogP contribution in [0.5, 0.6) is 0 Å². The monoisotopic (exact) mass is 259 g/mol. The molecule has 0 radical (unpaired) electrons. The Morgan fingerprint density at radius 3 is 2.68 bits per heavy atom. The van der Waals surface area contributed by atoms with Crippen LogP contribution in [-0.4, -0.2) is 11.5 Å². The summed E-state index contributed by atoms with van der Waals surface area (Å²) in [5.41, 5.74) is 8.01. The molecular weight excluding hydrogens is 241 g/mol. The molecule has 0 saturated heterocycles. The van der Waals surface area contributed by atoms with E-state index in [2.05, 4.69) is 9.88 Å². The van der Waals surface area contributed by atoms with E-state index in [0.29, 0.717) is 12.1 Å². The third kappa shape index (κ3) is 3.09. The van der Waals surface area contributed by atoms with Crippen LogP contribution in [-0.2, 0) is 13.1 Å². The van der Waals surface area contributed by atoms with Crippen molar-refractivity contribution in [1.82, 2.24) is 4.98 Å². The normalized spacial score (nSPS) is 10.5. The first-order valence-electron chi connectivity index (χ1n) is 6.38. The average molecular weight is 259 g/mol. The molecule has 0 unspecified atom stereocenters. The van der Waals surface area contributed by atoms with Crippen LogP contribution in [0.25, 0.3) is 0 Å². The maximum Gasteiger partial charge on any atom is 0.129 e. The summed E-state index contributed by atoms with van der Waals surface area (Å²) in [5.74, 6) is -0.250. The number of nitrogens with zero attached hydrogens (tertiary/aromatic N) is 2. The molecule has 2 aromatic rings. The van der Waals surface area contributed by atoms with Crippen molar-refractivity contribution in [3.05, 3.63) is 59.7 Å². The Balaban J connectivity index is 2.30. The number of halogens is 1. The Kier molecular flexibility index (Phi) is 4.47. The van der Waals surface area contributed by atoms with E-state index >= 15 is 0 Å². The summed E-state index contributed by atoms with van der Waals surface area (Å²) in [5, 5.41) is 0. The van der Waals surface area contributed by atoms with Crippen molar-refractivity contribution in [2.75, 3.05) is 11.4 Å². The smallest absolute Gasteiger partial charge is 0.129 e. The van der Waals surface area contributed by atoms with Crippen molar-refractivity contribution in [2.45, 2.75) is 20.0 Å². The van der Waals surface area contributed by atoms with E-state index < -0.39 is 0 Å². The number of rotatable bonds is 5. The Labute approximate surface area is 112 Å². The molecule has 0 aliphatic rings. The first kappa shape index (κ1) is 13.5. The van der Waals surface area contributed by atoms with E-state index in [1.165, 1.54) is 6.07 Å². The molecule has 2 rings (SSSR count). The Morgan fingerprint density at radius 2 is 2.05 bits per heavy atom. The van der Waals surface area contributed by atoms with Gasteiger partial charge in [-0.3, -0.25) is 4.98 Å². The molecule has 0 aliphatic carbocycles. The van der Waals surface area contributed by atoms with Crippen LogP contribution in [0.2, 0.25) is 0 Å². The Hall–Kier alpha value is -1.94. The lowest BCUT2D eigenvalue weighted by atomic mass is 10.1. The predicted octanol–water partition coefficient (Wildman–Crippen LogP) is 2.71. The zero-order chi connectivity index (χ0) is 13.7. The van der Waals surface area contributed by atoms with Gasteiger partial charge in [-0.05, 0) is 31.2 Å². The van der Waals surface area contributed by atoms with Crippen molar-refractivity contribution < 1.29 is 4.39 Å². The molecule has 0 bridgehead atoms. The summed E-state index contributed by atoms with van der Waals surface area (Å²) in [4.78, 5) is 6.38. The van der Waals surface area contributed by atoms with Crippen LogP contribution in [0.3, 0.4) is 0 Å². The molecule has 0 spiro atoms. The summed E-state index contributed by atoms with van der Waals surface area (Å²) in [6.45, 7) is 3.65. The minimum absolute atomic E-state index is 0.195. The van der Waals surface area contributed by atoms with Gasteiger partial charge in [0.1, 0.15) is 5.82 Å². The van der Waals surface area contributed by atoms with Crippen molar-refractivity contribution in [1.29, 1.82) is 0 Å². The van der Waals surface area contributed by atoms with E-state index in [9.17, 15) is 4.39 Å². The number of hydrogen-bond donors (Lipinski definition) is 1. The molecule has 0 saturated carbocycles. The topological polar surface area (TPSA) is 42.2 Å². The number of aromatic nitrogens is 1. The van der Waals surface area contributed by atoms with Crippen LogP contribution in [0, 0.1) is 5.82 Å². The molecule has 0 atom stereocenters. The fourth-order valence-corrected chi connectivity index (χ4v) is 2.10. The van der Waals surface area contributed by atoms with Gasteiger partial charge in [0.15, 0.2) is 0 Å². The first-order chi connectivity index (χ1) is 9.26. The molecule has 19 heavy (non-hydrogen) atoms. The van der Waals surface area contributed by atoms with E-state index in [-0.39, 0.29) is 12.4 Å². The number of anilines is 1. The van der Waals surface area contributed by atoms with Crippen LogP contribution >= 0.6 is 0 Å². The highest BCUT2D eigenvalue weighted by Crippen LogP contribution is 2.24. The molecule has 0 amide bonds. The Bertz CT molecular complexity index is 528. The predicted molar refractivity (Wildman–Crippen MR) is 75.3 cm³/mol. The summed E-state index contributed by atoms with van der Waals surface area (Å²) < 4.78 is 13.8. The maximum absolute atomic E-state index is 13.8. The second-order valence-electron chi connectivity index (χ2n) is 4.28. The SMILES string of the molecule is CCN(Cc1ccccn1)c1cccc(F)c1CN. The summed E-state index contributed by atoms with van der Waals surface area (Å²) in [6, 6.07) is 10.9. The first-order valence-corrected chi connectivity index (χ1v) is 6.38. The fraction of sp³-hybridized carbons (Fsp3) is 0.267. The number of pyridine rings is 1. The van der Waals surface area contributed by atoms with Crippen LogP contribution in [0.1, 0.15) is 18.2 Å². The van der Waals surface area contributed by atoms with Gasteiger partial charge in [0.25, 0.3) is 0 Å². The van der Waals surface area contributed by atoms with Crippen LogP contribution in [0.4, 0.5) is 10.1 Å². The quantitative estimate of drug-likeness (QED) is 0.897. The van der Waals surface area contributed by atoms with E-state index in [0.717, 1.165) is 17.9 Å². The van der Waals surface area contributed by atoms with Gasteiger partial charge >= 0.3 is 0 Å². The molecule has 1 aromatic carbocycles.